The molecule has 5 nitrogen and oxygen atoms in total. The Balaban J connectivity index is 2.12. The molecule has 1 aliphatic rings. The van der Waals surface area contributed by atoms with Gasteiger partial charge in [0.1, 0.15) is 0 Å². The Hall–Kier alpha value is -0.420. The maximum Gasteiger partial charge on any atom is 0.336 e. The van der Waals surface area contributed by atoms with E-state index in [1.807, 2.05) is 20.8 Å². The van der Waals surface area contributed by atoms with Gasteiger partial charge in [-0.3, -0.25) is 4.57 Å². The predicted octanol–water partition coefficient (Wildman–Crippen LogP) is 4.21. The van der Waals surface area contributed by atoms with Crippen LogP contribution in [0.4, 0.5) is 5.13 Å². The van der Waals surface area contributed by atoms with E-state index in [1.54, 1.807) is 11.3 Å². The molecule has 7 heteroatoms. The van der Waals surface area contributed by atoms with Crippen molar-refractivity contribution in [1.29, 1.82) is 0 Å². The summed E-state index contributed by atoms with van der Waals surface area (Å²) in [5, 5.41) is 1.04. The number of anilines is 1. The summed E-state index contributed by atoms with van der Waals surface area (Å²) in [6.45, 7) is 8.61. The number of hydrogen-bond acceptors (Lipinski definition) is 6. The molecule has 0 radical (unpaired) electrons. The summed E-state index contributed by atoms with van der Waals surface area (Å²) >= 11 is 1.68. The Morgan fingerprint density at radius 2 is 1.81 bits per heavy atom. The Bertz CT molecular complexity index is 490. The minimum atomic E-state index is -3.07. The molecular formula is C14H25N2O3PS. The number of aryl methyl sites for hydroxylation is 1. The maximum atomic E-state index is 12.6. The normalized spacial score (nSPS) is 16.4. The van der Waals surface area contributed by atoms with Crippen molar-refractivity contribution in [2.75, 3.05) is 31.2 Å². The fourth-order valence-corrected chi connectivity index (χ4v) is 5.29. The molecule has 2 rings (SSSR count). The first kappa shape index (κ1) is 16.9. The Labute approximate surface area is 131 Å². The first-order chi connectivity index (χ1) is 10.1. The van der Waals surface area contributed by atoms with Gasteiger partial charge in [-0.15, -0.1) is 11.3 Å². The summed E-state index contributed by atoms with van der Waals surface area (Å²) < 4.78 is 23.4. The second kappa shape index (κ2) is 7.73. The van der Waals surface area contributed by atoms with Crippen molar-refractivity contribution in [3.8, 4) is 0 Å². The van der Waals surface area contributed by atoms with E-state index in [2.05, 4.69) is 4.90 Å². The number of rotatable bonds is 7. The molecule has 21 heavy (non-hydrogen) atoms. The summed E-state index contributed by atoms with van der Waals surface area (Å²) in [7, 11) is -3.07. The summed E-state index contributed by atoms with van der Waals surface area (Å²) in [5.74, 6) is 0. The second-order valence-electron chi connectivity index (χ2n) is 5.15. The average Bonchev–Trinajstić information content (AvgIpc) is 2.81. The largest absolute Gasteiger partial charge is 0.348 e. The smallest absolute Gasteiger partial charge is 0.336 e. The van der Waals surface area contributed by atoms with E-state index in [-0.39, 0.29) is 6.16 Å². The van der Waals surface area contributed by atoms with Crippen molar-refractivity contribution in [3.05, 3.63) is 10.6 Å². The number of piperidine rings is 1. The van der Waals surface area contributed by atoms with Crippen LogP contribution in [0.15, 0.2) is 0 Å². The van der Waals surface area contributed by atoms with Gasteiger partial charge in [0.05, 0.1) is 25.1 Å². The highest BCUT2D eigenvalue weighted by molar-refractivity contribution is 7.53. The summed E-state index contributed by atoms with van der Waals surface area (Å²) in [5.41, 5.74) is 0.853. The standard InChI is InChI=1S/C14H25N2O3PS/c1-4-18-20(17,19-5-2)11-13-12(3)21-14(15-13)16-9-7-6-8-10-16/h4-11H2,1-3H3. The fourth-order valence-electron chi connectivity index (χ4n) is 2.49. The third-order valence-corrected chi connectivity index (χ3v) is 6.57. The van der Waals surface area contributed by atoms with Crippen molar-refractivity contribution < 1.29 is 13.6 Å². The molecule has 0 saturated carbocycles. The molecule has 1 aromatic rings. The van der Waals surface area contributed by atoms with Crippen LogP contribution in [0.3, 0.4) is 0 Å². The van der Waals surface area contributed by atoms with Gasteiger partial charge in [0.2, 0.25) is 0 Å². The van der Waals surface area contributed by atoms with E-state index in [9.17, 15) is 4.57 Å². The molecule has 1 aromatic heterocycles. The van der Waals surface area contributed by atoms with E-state index >= 15 is 0 Å². The highest BCUT2D eigenvalue weighted by atomic mass is 32.1. The zero-order valence-electron chi connectivity index (χ0n) is 13.1. The second-order valence-corrected chi connectivity index (χ2v) is 8.39. The number of aromatic nitrogens is 1. The molecule has 0 aliphatic carbocycles. The molecule has 120 valence electrons. The zero-order valence-corrected chi connectivity index (χ0v) is 14.8. The molecule has 0 amide bonds. The van der Waals surface area contributed by atoms with Gasteiger partial charge in [0, 0.05) is 18.0 Å². The third-order valence-electron chi connectivity index (χ3n) is 3.50. The SMILES string of the molecule is CCOP(=O)(Cc1nc(N2CCCCC2)sc1C)OCC. The van der Waals surface area contributed by atoms with Crippen LogP contribution >= 0.6 is 18.9 Å². The van der Waals surface area contributed by atoms with Crippen LogP contribution in [0.25, 0.3) is 0 Å². The van der Waals surface area contributed by atoms with E-state index in [4.69, 9.17) is 14.0 Å². The topological polar surface area (TPSA) is 51.7 Å². The lowest BCUT2D eigenvalue weighted by atomic mass is 10.1. The van der Waals surface area contributed by atoms with Crippen molar-refractivity contribution in [2.24, 2.45) is 0 Å². The lowest BCUT2D eigenvalue weighted by molar-refractivity contribution is 0.219. The van der Waals surface area contributed by atoms with Gasteiger partial charge in [-0.2, -0.15) is 0 Å². The Morgan fingerprint density at radius 3 is 2.38 bits per heavy atom. The molecule has 0 aromatic carbocycles. The molecule has 1 fully saturated rings. The van der Waals surface area contributed by atoms with Crippen molar-refractivity contribution >= 4 is 24.1 Å². The summed E-state index contributed by atoms with van der Waals surface area (Å²) in [6.07, 6.45) is 4.02. The van der Waals surface area contributed by atoms with E-state index in [0.717, 1.165) is 28.8 Å². The first-order valence-electron chi connectivity index (χ1n) is 7.67. The van der Waals surface area contributed by atoms with Crippen LogP contribution < -0.4 is 4.90 Å². The monoisotopic (exact) mass is 332 g/mol. The van der Waals surface area contributed by atoms with Gasteiger partial charge >= 0.3 is 7.60 Å². The maximum absolute atomic E-state index is 12.6. The van der Waals surface area contributed by atoms with Gasteiger partial charge in [-0.05, 0) is 40.0 Å². The molecular weight excluding hydrogens is 307 g/mol. The Morgan fingerprint density at radius 1 is 1.19 bits per heavy atom. The summed E-state index contributed by atoms with van der Waals surface area (Å²) in [6, 6.07) is 0. The highest BCUT2D eigenvalue weighted by Gasteiger charge is 2.27. The van der Waals surface area contributed by atoms with Gasteiger partial charge in [0.25, 0.3) is 0 Å². The van der Waals surface area contributed by atoms with Crippen molar-refractivity contribution in [1.82, 2.24) is 4.98 Å². The van der Waals surface area contributed by atoms with Crippen LogP contribution in [-0.2, 0) is 19.8 Å². The van der Waals surface area contributed by atoms with Crippen LogP contribution in [0.5, 0.6) is 0 Å². The quantitative estimate of drug-likeness (QED) is 0.700. The van der Waals surface area contributed by atoms with E-state index < -0.39 is 7.60 Å². The highest BCUT2D eigenvalue weighted by Crippen LogP contribution is 2.52. The van der Waals surface area contributed by atoms with Crippen LogP contribution in [-0.4, -0.2) is 31.3 Å². The molecule has 1 saturated heterocycles. The predicted molar refractivity (Wildman–Crippen MR) is 87.5 cm³/mol. The average molecular weight is 332 g/mol. The molecule has 1 aliphatic heterocycles. The fraction of sp³-hybridized carbons (Fsp3) is 0.786. The minimum Gasteiger partial charge on any atom is -0.348 e. The summed E-state index contributed by atoms with van der Waals surface area (Å²) in [4.78, 5) is 8.13. The molecule has 2 heterocycles. The zero-order chi connectivity index (χ0) is 15.3. The lowest BCUT2D eigenvalue weighted by Gasteiger charge is -2.25. The molecule has 0 unspecified atom stereocenters. The first-order valence-corrected chi connectivity index (χ1v) is 10.2. The third kappa shape index (κ3) is 4.52. The van der Waals surface area contributed by atoms with Crippen LogP contribution in [0, 0.1) is 6.92 Å². The molecule has 0 spiro atoms. The molecule has 0 bridgehead atoms. The van der Waals surface area contributed by atoms with Crippen LogP contribution in [0.1, 0.15) is 43.7 Å². The van der Waals surface area contributed by atoms with Gasteiger partial charge in [-0.25, -0.2) is 4.98 Å². The minimum absolute atomic E-state index is 0.269. The lowest BCUT2D eigenvalue weighted by Crippen LogP contribution is -2.29. The molecule has 0 atom stereocenters. The van der Waals surface area contributed by atoms with Crippen LogP contribution in [0.2, 0.25) is 0 Å². The Kier molecular flexibility index (Phi) is 6.23. The van der Waals surface area contributed by atoms with Crippen molar-refractivity contribution in [2.45, 2.75) is 46.2 Å². The van der Waals surface area contributed by atoms with E-state index in [0.29, 0.717) is 13.2 Å². The number of hydrogen-bond donors (Lipinski definition) is 0. The number of thiazole rings is 1. The van der Waals surface area contributed by atoms with Crippen molar-refractivity contribution in [3.63, 3.8) is 0 Å². The van der Waals surface area contributed by atoms with E-state index in [1.165, 1.54) is 19.3 Å². The molecule has 0 N–H and O–H groups in total. The van der Waals surface area contributed by atoms with Gasteiger partial charge in [0.15, 0.2) is 5.13 Å². The van der Waals surface area contributed by atoms with Gasteiger partial charge < -0.3 is 13.9 Å². The number of nitrogens with zero attached hydrogens (tertiary/aromatic N) is 2. The van der Waals surface area contributed by atoms with Gasteiger partial charge in [-0.1, -0.05) is 0 Å².